The monoisotopic (exact) mass is 270 g/mol. The molecule has 0 aromatic carbocycles. The van der Waals surface area contributed by atoms with E-state index in [-0.39, 0.29) is 11.9 Å². The number of furan rings is 1. The zero-order valence-corrected chi connectivity index (χ0v) is 11.4. The highest BCUT2D eigenvalue weighted by atomic mass is 35.5. The lowest BCUT2D eigenvalue weighted by Crippen LogP contribution is -2.46. The SMILES string of the molecule is CC(NCc1ccc(Cl)o1)C(=O)N1CCCCC1. The summed E-state index contributed by atoms with van der Waals surface area (Å²) in [6.45, 7) is 4.18. The van der Waals surface area contributed by atoms with Crippen molar-refractivity contribution in [3.63, 3.8) is 0 Å². The molecule has 1 saturated heterocycles. The number of hydrogen-bond acceptors (Lipinski definition) is 3. The first-order valence-electron chi connectivity index (χ1n) is 6.43. The van der Waals surface area contributed by atoms with Crippen LogP contribution >= 0.6 is 11.6 Å². The molecule has 1 aromatic rings. The number of nitrogens with one attached hydrogen (secondary N) is 1. The molecule has 0 bridgehead atoms. The maximum Gasteiger partial charge on any atom is 0.239 e. The number of carbonyl (C=O) groups is 1. The topological polar surface area (TPSA) is 45.5 Å². The molecule has 0 spiro atoms. The predicted molar refractivity (Wildman–Crippen MR) is 70.5 cm³/mol. The van der Waals surface area contributed by atoms with Gasteiger partial charge in [0.2, 0.25) is 5.91 Å². The van der Waals surface area contributed by atoms with Crippen molar-refractivity contribution >= 4 is 17.5 Å². The molecule has 1 amide bonds. The number of nitrogens with zero attached hydrogens (tertiary/aromatic N) is 1. The van der Waals surface area contributed by atoms with Crippen molar-refractivity contribution in [3.05, 3.63) is 23.1 Å². The number of hydrogen-bond donors (Lipinski definition) is 1. The maximum absolute atomic E-state index is 12.1. The predicted octanol–water partition coefficient (Wildman–Crippen LogP) is 2.42. The number of halogens is 1. The van der Waals surface area contributed by atoms with Gasteiger partial charge in [-0.3, -0.25) is 10.1 Å². The van der Waals surface area contributed by atoms with Gasteiger partial charge in [-0.05, 0) is 49.9 Å². The smallest absolute Gasteiger partial charge is 0.239 e. The lowest BCUT2D eigenvalue weighted by atomic mass is 10.1. The molecule has 0 saturated carbocycles. The summed E-state index contributed by atoms with van der Waals surface area (Å²) >= 11 is 5.69. The summed E-state index contributed by atoms with van der Waals surface area (Å²) in [4.78, 5) is 14.1. The lowest BCUT2D eigenvalue weighted by molar-refractivity contribution is -0.134. The average Bonchev–Trinajstić information content (AvgIpc) is 2.82. The number of likely N-dealkylation sites (tertiary alicyclic amines) is 1. The second kappa shape index (κ2) is 6.25. The molecule has 1 fully saturated rings. The van der Waals surface area contributed by atoms with E-state index < -0.39 is 0 Å². The quantitative estimate of drug-likeness (QED) is 0.914. The molecule has 0 radical (unpaired) electrons. The van der Waals surface area contributed by atoms with Gasteiger partial charge in [0, 0.05) is 13.1 Å². The number of rotatable bonds is 4. The zero-order chi connectivity index (χ0) is 13.0. The van der Waals surface area contributed by atoms with E-state index in [1.54, 1.807) is 6.07 Å². The Bertz CT molecular complexity index is 399. The fraction of sp³-hybridized carbons (Fsp3) is 0.615. The lowest BCUT2D eigenvalue weighted by Gasteiger charge is -2.29. The first-order chi connectivity index (χ1) is 8.66. The van der Waals surface area contributed by atoms with Gasteiger partial charge >= 0.3 is 0 Å². The molecule has 4 nitrogen and oxygen atoms in total. The molecule has 2 rings (SSSR count). The van der Waals surface area contributed by atoms with Crippen LogP contribution in [0.4, 0.5) is 0 Å². The third-order valence-electron chi connectivity index (χ3n) is 3.25. The van der Waals surface area contributed by atoms with Crippen LogP contribution < -0.4 is 5.32 Å². The van der Waals surface area contributed by atoms with Crippen molar-refractivity contribution in [1.29, 1.82) is 0 Å². The Balaban J connectivity index is 1.79. The zero-order valence-electron chi connectivity index (χ0n) is 10.6. The van der Waals surface area contributed by atoms with E-state index in [0.717, 1.165) is 31.7 Å². The molecule has 1 unspecified atom stereocenters. The van der Waals surface area contributed by atoms with Crippen molar-refractivity contribution in [2.24, 2.45) is 0 Å². The van der Waals surface area contributed by atoms with Crippen LogP contribution in [0.3, 0.4) is 0 Å². The van der Waals surface area contributed by atoms with Gasteiger partial charge in [-0.25, -0.2) is 0 Å². The number of carbonyl (C=O) groups excluding carboxylic acids is 1. The second-order valence-electron chi connectivity index (χ2n) is 4.69. The number of piperidine rings is 1. The Labute approximate surface area is 112 Å². The van der Waals surface area contributed by atoms with E-state index in [0.29, 0.717) is 11.8 Å². The summed E-state index contributed by atoms with van der Waals surface area (Å²) in [5.41, 5.74) is 0. The summed E-state index contributed by atoms with van der Waals surface area (Å²) in [5.74, 6) is 0.922. The first kappa shape index (κ1) is 13.4. The van der Waals surface area contributed by atoms with Gasteiger partial charge < -0.3 is 9.32 Å². The highest BCUT2D eigenvalue weighted by Gasteiger charge is 2.21. The summed E-state index contributed by atoms with van der Waals surface area (Å²) in [5, 5.41) is 3.54. The Kier molecular flexibility index (Phi) is 4.66. The van der Waals surface area contributed by atoms with Crippen LogP contribution in [0.1, 0.15) is 31.9 Å². The molecule has 1 aliphatic heterocycles. The summed E-state index contributed by atoms with van der Waals surface area (Å²) in [7, 11) is 0. The Morgan fingerprint density at radius 3 is 2.78 bits per heavy atom. The molecule has 0 aliphatic carbocycles. The van der Waals surface area contributed by atoms with Crippen LogP contribution in [0.15, 0.2) is 16.5 Å². The van der Waals surface area contributed by atoms with Gasteiger partial charge in [0.05, 0.1) is 12.6 Å². The molecule has 1 aliphatic rings. The van der Waals surface area contributed by atoms with Crippen molar-refractivity contribution in [2.75, 3.05) is 13.1 Å². The molecule has 100 valence electrons. The first-order valence-corrected chi connectivity index (χ1v) is 6.81. The fourth-order valence-corrected chi connectivity index (χ4v) is 2.34. The van der Waals surface area contributed by atoms with E-state index in [9.17, 15) is 4.79 Å². The van der Waals surface area contributed by atoms with E-state index in [2.05, 4.69) is 5.32 Å². The minimum absolute atomic E-state index is 0.173. The highest BCUT2D eigenvalue weighted by molar-refractivity contribution is 6.28. The molecule has 1 N–H and O–H groups in total. The van der Waals surface area contributed by atoms with Crippen LogP contribution in [0, 0.1) is 0 Å². The third kappa shape index (κ3) is 3.50. The summed E-state index contributed by atoms with van der Waals surface area (Å²) < 4.78 is 5.24. The van der Waals surface area contributed by atoms with Gasteiger partial charge in [0.1, 0.15) is 5.76 Å². The van der Waals surface area contributed by atoms with Crippen LogP contribution in [-0.2, 0) is 11.3 Å². The van der Waals surface area contributed by atoms with Crippen molar-refractivity contribution in [1.82, 2.24) is 10.2 Å². The van der Waals surface area contributed by atoms with E-state index in [1.807, 2.05) is 17.9 Å². The Morgan fingerprint density at radius 1 is 1.44 bits per heavy atom. The molecule has 2 heterocycles. The minimum atomic E-state index is -0.188. The molecule has 18 heavy (non-hydrogen) atoms. The second-order valence-corrected chi connectivity index (χ2v) is 5.07. The van der Waals surface area contributed by atoms with Gasteiger partial charge in [0.25, 0.3) is 0 Å². The molecular formula is C13H19ClN2O2. The van der Waals surface area contributed by atoms with Gasteiger partial charge in [-0.2, -0.15) is 0 Å². The fourth-order valence-electron chi connectivity index (χ4n) is 2.18. The normalized spacial score (nSPS) is 17.8. The molecule has 1 atom stereocenters. The average molecular weight is 271 g/mol. The number of amides is 1. The van der Waals surface area contributed by atoms with Gasteiger partial charge in [0.15, 0.2) is 5.22 Å². The van der Waals surface area contributed by atoms with Crippen LogP contribution in [0.25, 0.3) is 0 Å². The highest BCUT2D eigenvalue weighted by Crippen LogP contribution is 2.13. The van der Waals surface area contributed by atoms with E-state index >= 15 is 0 Å². The minimum Gasteiger partial charge on any atom is -0.448 e. The molecular weight excluding hydrogens is 252 g/mol. The van der Waals surface area contributed by atoms with E-state index in [4.69, 9.17) is 16.0 Å². The van der Waals surface area contributed by atoms with Crippen LogP contribution in [-0.4, -0.2) is 29.9 Å². The van der Waals surface area contributed by atoms with Crippen molar-refractivity contribution in [2.45, 2.75) is 38.8 Å². The summed E-state index contributed by atoms with van der Waals surface area (Å²) in [6.07, 6.45) is 3.47. The molecule has 5 heteroatoms. The standard InChI is InChI=1S/C13H19ClN2O2/c1-10(13(17)16-7-3-2-4-8-16)15-9-11-5-6-12(14)18-11/h5-6,10,15H,2-4,7-9H2,1H3. The van der Waals surface area contributed by atoms with Gasteiger partial charge in [-0.1, -0.05) is 0 Å². The Morgan fingerprint density at radius 2 is 2.17 bits per heavy atom. The largest absolute Gasteiger partial charge is 0.448 e. The third-order valence-corrected chi connectivity index (χ3v) is 3.45. The maximum atomic E-state index is 12.1. The molecule has 1 aromatic heterocycles. The van der Waals surface area contributed by atoms with Crippen molar-refractivity contribution in [3.8, 4) is 0 Å². The van der Waals surface area contributed by atoms with Crippen LogP contribution in [0.5, 0.6) is 0 Å². The van der Waals surface area contributed by atoms with Gasteiger partial charge in [-0.15, -0.1) is 0 Å². The van der Waals surface area contributed by atoms with Crippen LogP contribution in [0.2, 0.25) is 5.22 Å². The Hall–Kier alpha value is -1.00. The van der Waals surface area contributed by atoms with E-state index in [1.165, 1.54) is 6.42 Å². The van der Waals surface area contributed by atoms with Crippen molar-refractivity contribution < 1.29 is 9.21 Å². The summed E-state index contributed by atoms with van der Waals surface area (Å²) in [6, 6.07) is 3.33.